The number of benzene rings is 1. The average Bonchev–Trinajstić information content (AvgIpc) is 2.80. The summed E-state index contributed by atoms with van der Waals surface area (Å²) < 4.78 is 51.0. The Kier molecular flexibility index (Phi) is 5.52. The first-order valence-electron chi connectivity index (χ1n) is 9.74. The summed E-state index contributed by atoms with van der Waals surface area (Å²) in [5.74, 6) is 0.343. The minimum atomic E-state index is -4.32. The average molecular weight is 380 g/mol. The van der Waals surface area contributed by atoms with Gasteiger partial charge in [0.15, 0.2) is 0 Å². The van der Waals surface area contributed by atoms with E-state index in [0.717, 1.165) is 48.9 Å². The summed E-state index contributed by atoms with van der Waals surface area (Å²) in [7, 11) is -0.458. The van der Waals surface area contributed by atoms with Gasteiger partial charge in [0.05, 0.1) is 16.8 Å². The number of halogens is 3. The summed E-state index contributed by atoms with van der Waals surface area (Å²) in [5.41, 5.74) is 0.290. The lowest BCUT2D eigenvalue weighted by Gasteiger charge is -2.32. The molecule has 2 nitrogen and oxygen atoms in total. The number of hydrogen-bond acceptors (Lipinski definition) is 2. The van der Waals surface area contributed by atoms with E-state index in [1.165, 1.54) is 18.6 Å². The monoisotopic (exact) mass is 380 g/mol. The topological polar surface area (TPSA) is 18.5 Å². The fourth-order valence-electron chi connectivity index (χ4n) is 3.75. The minimum Gasteiger partial charge on any atom is -0.400 e. The minimum absolute atomic E-state index is 0.343. The Morgan fingerprint density at radius 2 is 1.48 bits per heavy atom. The van der Waals surface area contributed by atoms with E-state index in [4.69, 9.17) is 9.31 Å². The van der Waals surface area contributed by atoms with Gasteiger partial charge in [0.1, 0.15) is 0 Å². The number of rotatable bonds is 3. The first-order valence-corrected chi connectivity index (χ1v) is 9.74. The Balaban J connectivity index is 1.92. The highest BCUT2D eigenvalue weighted by atomic mass is 19.4. The highest BCUT2D eigenvalue weighted by molar-refractivity contribution is 6.55. The summed E-state index contributed by atoms with van der Waals surface area (Å²) in [5, 5.41) is 0. The van der Waals surface area contributed by atoms with Crippen LogP contribution >= 0.6 is 0 Å². The highest BCUT2D eigenvalue weighted by Gasteiger charge is 2.53. The SMILES string of the molecule is CC1(C)OB(/C(=C/c2ccc(C(F)(F)F)cc2)C2CCCCC2)OC1(C)C. The van der Waals surface area contributed by atoms with Gasteiger partial charge in [0, 0.05) is 0 Å². The molecule has 0 atom stereocenters. The molecule has 0 spiro atoms. The molecule has 148 valence electrons. The van der Waals surface area contributed by atoms with Crippen LogP contribution in [0.5, 0.6) is 0 Å². The van der Waals surface area contributed by atoms with Crippen LogP contribution in [-0.4, -0.2) is 18.3 Å². The van der Waals surface area contributed by atoms with Crippen molar-refractivity contribution in [3.05, 3.63) is 40.9 Å². The zero-order chi connectivity index (χ0) is 19.9. The standard InChI is InChI=1S/C21H28BF3O2/c1-19(2)20(3,4)27-22(26-19)18(16-8-6-5-7-9-16)14-15-10-12-17(13-11-15)21(23,24)25/h10-14,16H,5-9H2,1-4H3/b18-14+. The predicted octanol–water partition coefficient (Wildman–Crippen LogP) is 6.30. The Hall–Kier alpha value is -1.27. The van der Waals surface area contributed by atoms with E-state index in [1.807, 2.05) is 33.8 Å². The van der Waals surface area contributed by atoms with Crippen LogP contribution in [0.3, 0.4) is 0 Å². The second-order valence-electron chi connectivity index (χ2n) is 8.69. The van der Waals surface area contributed by atoms with Crippen LogP contribution in [-0.2, 0) is 15.5 Å². The Morgan fingerprint density at radius 3 is 1.96 bits per heavy atom. The molecule has 1 aliphatic carbocycles. The first kappa shape index (κ1) is 20.5. The fraction of sp³-hybridized carbons (Fsp3) is 0.619. The van der Waals surface area contributed by atoms with E-state index in [1.54, 1.807) is 0 Å². The quantitative estimate of drug-likeness (QED) is 0.573. The van der Waals surface area contributed by atoms with E-state index >= 15 is 0 Å². The van der Waals surface area contributed by atoms with E-state index in [2.05, 4.69) is 0 Å². The van der Waals surface area contributed by atoms with Gasteiger partial charge >= 0.3 is 13.3 Å². The number of hydrogen-bond donors (Lipinski definition) is 0. The molecular formula is C21H28BF3O2. The molecule has 1 aromatic rings. The molecule has 27 heavy (non-hydrogen) atoms. The van der Waals surface area contributed by atoms with Gasteiger partial charge in [-0.15, -0.1) is 0 Å². The van der Waals surface area contributed by atoms with Gasteiger partial charge < -0.3 is 9.31 Å². The Labute approximate surface area is 160 Å². The van der Waals surface area contributed by atoms with Crippen molar-refractivity contribution in [2.24, 2.45) is 5.92 Å². The van der Waals surface area contributed by atoms with Gasteiger partial charge in [-0.3, -0.25) is 0 Å². The van der Waals surface area contributed by atoms with Crippen molar-refractivity contribution in [2.75, 3.05) is 0 Å². The number of alkyl halides is 3. The first-order chi connectivity index (χ1) is 12.5. The van der Waals surface area contributed by atoms with Crippen LogP contribution in [0.2, 0.25) is 0 Å². The molecule has 0 radical (unpaired) electrons. The van der Waals surface area contributed by atoms with Gasteiger partial charge in [-0.25, -0.2) is 0 Å². The summed E-state index contributed by atoms with van der Waals surface area (Å²) in [4.78, 5) is 0. The lowest BCUT2D eigenvalue weighted by Crippen LogP contribution is -2.41. The molecular weight excluding hydrogens is 352 g/mol. The molecule has 2 fully saturated rings. The summed E-state index contributed by atoms with van der Waals surface area (Å²) in [6.07, 6.45) is 3.34. The predicted molar refractivity (Wildman–Crippen MR) is 102 cm³/mol. The van der Waals surface area contributed by atoms with Crippen LogP contribution in [0.4, 0.5) is 13.2 Å². The molecule has 1 heterocycles. The zero-order valence-electron chi connectivity index (χ0n) is 16.5. The molecule has 2 aliphatic rings. The molecule has 0 N–H and O–H groups in total. The molecule has 3 rings (SSSR count). The fourth-order valence-corrected chi connectivity index (χ4v) is 3.75. The van der Waals surface area contributed by atoms with Crippen molar-refractivity contribution < 1.29 is 22.5 Å². The molecule has 0 aromatic heterocycles. The molecule has 1 saturated heterocycles. The normalized spacial score (nSPS) is 23.7. The van der Waals surface area contributed by atoms with Crippen LogP contribution in [0.15, 0.2) is 29.7 Å². The molecule has 0 unspecified atom stereocenters. The molecule has 6 heteroatoms. The van der Waals surface area contributed by atoms with Gasteiger partial charge in [0.2, 0.25) is 0 Å². The highest BCUT2D eigenvalue weighted by Crippen LogP contribution is 2.42. The molecule has 0 bridgehead atoms. The third kappa shape index (κ3) is 4.43. The van der Waals surface area contributed by atoms with Gasteiger partial charge in [-0.05, 0) is 69.6 Å². The van der Waals surface area contributed by atoms with Crippen molar-refractivity contribution in [2.45, 2.75) is 77.2 Å². The maximum absolute atomic E-state index is 12.8. The number of allylic oxidation sites excluding steroid dienone is 1. The maximum Gasteiger partial charge on any atom is 0.490 e. The van der Waals surface area contributed by atoms with Crippen molar-refractivity contribution in [1.82, 2.24) is 0 Å². The van der Waals surface area contributed by atoms with Gasteiger partial charge in [-0.2, -0.15) is 13.2 Å². The van der Waals surface area contributed by atoms with Crippen molar-refractivity contribution >= 4 is 13.2 Å². The Bertz CT molecular complexity index is 670. The molecule has 1 aromatic carbocycles. The van der Waals surface area contributed by atoms with Crippen LogP contribution in [0.1, 0.15) is 70.9 Å². The van der Waals surface area contributed by atoms with Crippen molar-refractivity contribution in [3.8, 4) is 0 Å². The van der Waals surface area contributed by atoms with E-state index in [0.29, 0.717) is 5.92 Å². The summed E-state index contributed by atoms with van der Waals surface area (Å²) >= 11 is 0. The van der Waals surface area contributed by atoms with Gasteiger partial charge in [0.25, 0.3) is 0 Å². The second kappa shape index (κ2) is 7.29. The third-order valence-electron chi connectivity index (χ3n) is 6.17. The van der Waals surface area contributed by atoms with Crippen molar-refractivity contribution in [3.63, 3.8) is 0 Å². The maximum atomic E-state index is 12.8. The largest absolute Gasteiger partial charge is 0.490 e. The van der Waals surface area contributed by atoms with Crippen LogP contribution in [0.25, 0.3) is 6.08 Å². The van der Waals surface area contributed by atoms with Gasteiger partial charge in [-0.1, -0.05) is 37.5 Å². The van der Waals surface area contributed by atoms with E-state index in [-0.39, 0.29) is 0 Å². The molecule has 1 aliphatic heterocycles. The zero-order valence-corrected chi connectivity index (χ0v) is 16.5. The Morgan fingerprint density at radius 1 is 0.963 bits per heavy atom. The van der Waals surface area contributed by atoms with Crippen molar-refractivity contribution in [1.29, 1.82) is 0 Å². The smallest absolute Gasteiger partial charge is 0.400 e. The van der Waals surface area contributed by atoms with Crippen LogP contribution in [0, 0.1) is 5.92 Å². The second-order valence-corrected chi connectivity index (χ2v) is 8.69. The molecule has 1 saturated carbocycles. The van der Waals surface area contributed by atoms with Crippen LogP contribution < -0.4 is 0 Å². The summed E-state index contributed by atoms with van der Waals surface area (Å²) in [6.45, 7) is 8.07. The lowest BCUT2D eigenvalue weighted by atomic mass is 9.66. The lowest BCUT2D eigenvalue weighted by molar-refractivity contribution is -0.137. The molecule has 0 amide bonds. The summed E-state index contributed by atoms with van der Waals surface area (Å²) in [6, 6.07) is 5.32. The van der Waals surface area contributed by atoms with E-state index in [9.17, 15) is 13.2 Å². The van der Waals surface area contributed by atoms with E-state index < -0.39 is 30.1 Å². The third-order valence-corrected chi connectivity index (χ3v) is 6.17.